The molecule has 1 aromatic rings. The van der Waals surface area contributed by atoms with Crippen molar-refractivity contribution in [1.29, 1.82) is 0 Å². The zero-order chi connectivity index (χ0) is 20.6. The van der Waals surface area contributed by atoms with E-state index in [1.165, 1.54) is 17.5 Å². The molecule has 2 atom stereocenters. The number of hydrogen-bond acceptors (Lipinski definition) is 4. The number of fused-ring (bicyclic) bond motifs is 1. The molecule has 3 aliphatic rings. The van der Waals surface area contributed by atoms with Gasteiger partial charge in [0.15, 0.2) is 0 Å². The van der Waals surface area contributed by atoms with E-state index in [1.54, 1.807) is 10.4 Å². The van der Waals surface area contributed by atoms with Gasteiger partial charge < -0.3 is 9.64 Å². The number of aryl methyl sites for hydroxylation is 2. The van der Waals surface area contributed by atoms with Gasteiger partial charge in [-0.15, -0.1) is 0 Å². The third-order valence-corrected chi connectivity index (χ3v) is 8.39. The lowest BCUT2D eigenvalue weighted by Gasteiger charge is -2.39. The first-order valence-corrected chi connectivity index (χ1v) is 12.3. The predicted octanol–water partition coefficient (Wildman–Crippen LogP) is 2.60. The molecular weight excluding hydrogens is 388 g/mol. The third kappa shape index (κ3) is 4.37. The van der Waals surface area contributed by atoms with Gasteiger partial charge >= 0.3 is 0 Å². The second kappa shape index (κ2) is 8.36. The fraction of sp³-hybridized carbons (Fsp3) is 0.682. The number of benzene rings is 1. The molecule has 1 aliphatic carbocycles. The van der Waals surface area contributed by atoms with Gasteiger partial charge in [-0.25, -0.2) is 8.42 Å². The molecule has 1 aromatic carbocycles. The molecule has 2 saturated heterocycles. The molecular formula is C22H32N2O4S. The smallest absolute Gasteiger partial charge is 0.243 e. The first-order valence-electron chi connectivity index (χ1n) is 10.9. The maximum atomic E-state index is 13.2. The summed E-state index contributed by atoms with van der Waals surface area (Å²) in [5, 5.41) is 0. The van der Waals surface area contributed by atoms with Gasteiger partial charge in [-0.2, -0.15) is 4.31 Å². The fourth-order valence-corrected chi connectivity index (χ4v) is 6.50. The van der Waals surface area contributed by atoms with Gasteiger partial charge in [-0.3, -0.25) is 4.79 Å². The van der Waals surface area contributed by atoms with Gasteiger partial charge in [0.05, 0.1) is 17.1 Å². The van der Waals surface area contributed by atoms with E-state index in [0.29, 0.717) is 43.9 Å². The minimum atomic E-state index is -3.50. The molecule has 2 heterocycles. The van der Waals surface area contributed by atoms with Crippen molar-refractivity contribution in [2.75, 3.05) is 26.2 Å². The molecule has 2 fully saturated rings. The lowest BCUT2D eigenvalue weighted by molar-refractivity contribution is -0.148. The molecule has 160 valence electrons. The zero-order valence-corrected chi connectivity index (χ0v) is 18.3. The molecule has 2 unspecified atom stereocenters. The third-order valence-electron chi connectivity index (χ3n) is 6.49. The van der Waals surface area contributed by atoms with E-state index in [2.05, 4.69) is 0 Å². The van der Waals surface area contributed by atoms with Gasteiger partial charge in [0.25, 0.3) is 0 Å². The molecule has 29 heavy (non-hydrogen) atoms. The summed E-state index contributed by atoms with van der Waals surface area (Å²) in [6.45, 7) is 6.04. The van der Waals surface area contributed by atoms with Crippen molar-refractivity contribution in [3.63, 3.8) is 0 Å². The molecule has 0 saturated carbocycles. The van der Waals surface area contributed by atoms with E-state index in [0.717, 1.165) is 19.3 Å². The number of morpholine rings is 1. The van der Waals surface area contributed by atoms with Crippen LogP contribution in [0.5, 0.6) is 0 Å². The first kappa shape index (κ1) is 20.8. The Morgan fingerprint density at radius 1 is 1.00 bits per heavy atom. The summed E-state index contributed by atoms with van der Waals surface area (Å²) in [6, 6.07) is 5.61. The lowest BCUT2D eigenvalue weighted by Crippen LogP contribution is -2.51. The van der Waals surface area contributed by atoms with Crippen LogP contribution in [0.4, 0.5) is 0 Å². The molecule has 0 bridgehead atoms. The maximum absolute atomic E-state index is 13.2. The Kier molecular flexibility index (Phi) is 6.00. The maximum Gasteiger partial charge on any atom is 0.243 e. The van der Waals surface area contributed by atoms with Crippen molar-refractivity contribution < 1.29 is 17.9 Å². The van der Waals surface area contributed by atoms with E-state index in [9.17, 15) is 13.2 Å². The number of nitrogens with zero attached hydrogens (tertiary/aromatic N) is 2. The van der Waals surface area contributed by atoms with Crippen LogP contribution >= 0.6 is 0 Å². The van der Waals surface area contributed by atoms with Crippen LogP contribution in [-0.4, -0.2) is 61.9 Å². The van der Waals surface area contributed by atoms with E-state index in [1.807, 2.05) is 30.9 Å². The van der Waals surface area contributed by atoms with Crippen LogP contribution in [0.25, 0.3) is 0 Å². The minimum absolute atomic E-state index is 0.0483. The van der Waals surface area contributed by atoms with Crippen LogP contribution in [0.15, 0.2) is 23.1 Å². The van der Waals surface area contributed by atoms with E-state index in [4.69, 9.17) is 4.74 Å². The Morgan fingerprint density at radius 2 is 1.62 bits per heavy atom. The Balaban J connectivity index is 1.40. The van der Waals surface area contributed by atoms with Crippen LogP contribution < -0.4 is 0 Å². The molecule has 0 radical (unpaired) electrons. The van der Waals surface area contributed by atoms with Crippen molar-refractivity contribution >= 4 is 15.9 Å². The highest BCUT2D eigenvalue weighted by Gasteiger charge is 2.36. The highest BCUT2D eigenvalue weighted by molar-refractivity contribution is 7.89. The number of rotatable bonds is 3. The molecule has 6 nitrogen and oxygen atoms in total. The number of hydrogen-bond donors (Lipinski definition) is 0. The van der Waals surface area contributed by atoms with Crippen LogP contribution in [0.3, 0.4) is 0 Å². The Bertz CT molecular complexity index is 852. The summed E-state index contributed by atoms with van der Waals surface area (Å²) in [7, 11) is -3.50. The zero-order valence-electron chi connectivity index (χ0n) is 17.5. The molecule has 4 rings (SSSR count). The average molecular weight is 421 g/mol. The first-order chi connectivity index (χ1) is 13.8. The topological polar surface area (TPSA) is 66.9 Å². The van der Waals surface area contributed by atoms with Crippen LogP contribution in [-0.2, 0) is 32.4 Å². The second-order valence-corrected chi connectivity index (χ2v) is 10.8. The highest BCUT2D eigenvalue weighted by atomic mass is 32.2. The molecule has 1 amide bonds. The normalized spacial score (nSPS) is 26.9. The summed E-state index contributed by atoms with van der Waals surface area (Å²) in [4.78, 5) is 15.2. The Labute approximate surface area is 174 Å². The van der Waals surface area contributed by atoms with E-state index < -0.39 is 10.0 Å². The van der Waals surface area contributed by atoms with Gasteiger partial charge in [0, 0.05) is 32.1 Å². The van der Waals surface area contributed by atoms with Crippen molar-refractivity contribution in [1.82, 2.24) is 9.21 Å². The standard InChI is InChI=1S/C22H32N2O4S/c1-16-14-23(15-17(2)28-16)22(25)19-9-11-24(12-10-19)29(26,27)21-8-7-18-5-3-4-6-20(18)13-21/h7-8,13,16-17,19H,3-6,9-12,14-15H2,1-2H3. The van der Waals surface area contributed by atoms with Gasteiger partial charge in [0.1, 0.15) is 0 Å². The quantitative estimate of drug-likeness (QED) is 0.754. The number of piperidine rings is 1. The average Bonchev–Trinajstić information content (AvgIpc) is 2.72. The van der Waals surface area contributed by atoms with Crippen LogP contribution in [0.1, 0.15) is 50.7 Å². The van der Waals surface area contributed by atoms with Crippen molar-refractivity contribution in [2.45, 2.75) is 69.5 Å². The van der Waals surface area contributed by atoms with Crippen LogP contribution in [0.2, 0.25) is 0 Å². The molecule has 7 heteroatoms. The van der Waals surface area contributed by atoms with E-state index in [-0.39, 0.29) is 24.0 Å². The minimum Gasteiger partial charge on any atom is -0.372 e. The lowest BCUT2D eigenvalue weighted by atomic mass is 9.92. The Hall–Kier alpha value is -1.44. The summed E-state index contributed by atoms with van der Waals surface area (Å²) >= 11 is 0. The monoisotopic (exact) mass is 420 g/mol. The van der Waals surface area contributed by atoms with Gasteiger partial charge in [0.2, 0.25) is 15.9 Å². The van der Waals surface area contributed by atoms with Crippen molar-refractivity contribution in [3.05, 3.63) is 29.3 Å². The predicted molar refractivity (Wildman–Crippen MR) is 111 cm³/mol. The Morgan fingerprint density at radius 3 is 2.28 bits per heavy atom. The molecule has 0 aromatic heterocycles. The number of amides is 1. The fourth-order valence-electron chi connectivity index (χ4n) is 4.98. The number of carbonyl (C=O) groups excluding carboxylic acids is 1. The number of sulfonamides is 1. The van der Waals surface area contributed by atoms with Crippen molar-refractivity contribution in [3.8, 4) is 0 Å². The number of ether oxygens (including phenoxy) is 1. The SMILES string of the molecule is CC1CN(C(=O)C2CCN(S(=O)(=O)c3ccc4c(c3)CCCC4)CC2)CC(C)O1. The summed E-state index contributed by atoms with van der Waals surface area (Å²) < 4.78 is 33.6. The van der Waals surface area contributed by atoms with E-state index >= 15 is 0 Å². The largest absolute Gasteiger partial charge is 0.372 e. The number of carbonyl (C=O) groups is 1. The molecule has 0 N–H and O–H groups in total. The summed E-state index contributed by atoms with van der Waals surface area (Å²) in [5.74, 6) is 0.0558. The van der Waals surface area contributed by atoms with Crippen molar-refractivity contribution in [2.24, 2.45) is 5.92 Å². The van der Waals surface area contributed by atoms with Gasteiger partial charge in [-0.1, -0.05) is 6.07 Å². The summed E-state index contributed by atoms with van der Waals surface area (Å²) in [6.07, 6.45) is 5.59. The molecule has 2 aliphatic heterocycles. The molecule has 0 spiro atoms. The highest BCUT2D eigenvalue weighted by Crippen LogP contribution is 2.29. The van der Waals surface area contributed by atoms with Gasteiger partial charge in [-0.05, 0) is 75.6 Å². The van der Waals surface area contributed by atoms with Crippen LogP contribution in [0, 0.1) is 5.92 Å². The summed E-state index contributed by atoms with van der Waals surface area (Å²) in [5.41, 5.74) is 2.46. The second-order valence-electron chi connectivity index (χ2n) is 8.82.